The number of methoxy groups -OCH3 is 1. The molecule has 0 aliphatic carbocycles. The van der Waals surface area contributed by atoms with E-state index in [4.69, 9.17) is 15.6 Å². The molecular formula is C10H10N2O3. The maximum Gasteiger partial charge on any atom is 0.339 e. The number of aromatic carboxylic acids is 1. The summed E-state index contributed by atoms with van der Waals surface area (Å²) in [6.45, 7) is 0. The molecule has 4 N–H and O–H groups in total. The Bertz CT molecular complexity index is 531. The molecule has 5 heteroatoms. The Hall–Kier alpha value is -2.17. The van der Waals surface area contributed by atoms with Crippen molar-refractivity contribution in [3.8, 4) is 5.75 Å². The van der Waals surface area contributed by atoms with E-state index in [1.54, 1.807) is 12.3 Å². The summed E-state index contributed by atoms with van der Waals surface area (Å²) in [6, 6.07) is 3.12. The van der Waals surface area contributed by atoms with Gasteiger partial charge in [0.05, 0.1) is 18.3 Å². The molecule has 78 valence electrons. The highest BCUT2D eigenvalue weighted by molar-refractivity contribution is 6.04. The zero-order chi connectivity index (χ0) is 11.0. The number of fused-ring (bicyclic) bond motifs is 1. The number of carboxylic acids is 1. The Kier molecular flexibility index (Phi) is 2.00. The lowest BCUT2D eigenvalue weighted by atomic mass is 10.1. The van der Waals surface area contributed by atoms with Gasteiger partial charge in [-0.05, 0) is 12.1 Å². The minimum absolute atomic E-state index is 0.0714. The number of aromatic amines is 1. The highest BCUT2D eigenvalue weighted by Gasteiger charge is 2.16. The largest absolute Gasteiger partial charge is 0.495 e. The number of carbonyl (C=O) groups is 1. The fourth-order valence-electron chi connectivity index (χ4n) is 1.61. The van der Waals surface area contributed by atoms with Crippen molar-refractivity contribution in [3.05, 3.63) is 23.9 Å². The summed E-state index contributed by atoms with van der Waals surface area (Å²) in [4.78, 5) is 13.9. The number of rotatable bonds is 2. The number of H-pyrrole nitrogens is 1. The fourth-order valence-corrected chi connectivity index (χ4v) is 1.61. The van der Waals surface area contributed by atoms with Crippen molar-refractivity contribution in [2.75, 3.05) is 12.8 Å². The van der Waals surface area contributed by atoms with Gasteiger partial charge < -0.3 is 20.6 Å². The normalized spacial score (nSPS) is 10.5. The van der Waals surface area contributed by atoms with E-state index in [1.807, 2.05) is 0 Å². The van der Waals surface area contributed by atoms with Gasteiger partial charge in [0.2, 0.25) is 0 Å². The number of benzene rings is 1. The van der Waals surface area contributed by atoms with Crippen LogP contribution in [0.5, 0.6) is 5.75 Å². The third-order valence-electron chi connectivity index (χ3n) is 2.26. The van der Waals surface area contributed by atoms with Crippen molar-refractivity contribution in [2.45, 2.75) is 0 Å². The Morgan fingerprint density at radius 2 is 2.33 bits per heavy atom. The van der Waals surface area contributed by atoms with Crippen LogP contribution in [0.3, 0.4) is 0 Å². The van der Waals surface area contributed by atoms with E-state index in [2.05, 4.69) is 4.98 Å². The van der Waals surface area contributed by atoms with Gasteiger partial charge in [-0.1, -0.05) is 0 Å². The quantitative estimate of drug-likeness (QED) is 0.649. The predicted molar refractivity (Wildman–Crippen MR) is 56.2 cm³/mol. The van der Waals surface area contributed by atoms with E-state index >= 15 is 0 Å². The van der Waals surface area contributed by atoms with Crippen molar-refractivity contribution in [1.82, 2.24) is 4.98 Å². The summed E-state index contributed by atoms with van der Waals surface area (Å²) in [5, 5.41) is 9.65. The van der Waals surface area contributed by atoms with Gasteiger partial charge in [0.15, 0.2) is 0 Å². The average Bonchev–Trinajstić information content (AvgIpc) is 2.66. The average molecular weight is 206 g/mol. The first kappa shape index (κ1) is 9.39. The summed E-state index contributed by atoms with van der Waals surface area (Å²) < 4.78 is 5.08. The van der Waals surface area contributed by atoms with Gasteiger partial charge in [-0.3, -0.25) is 0 Å². The van der Waals surface area contributed by atoms with Crippen LogP contribution in [0, 0.1) is 0 Å². The van der Waals surface area contributed by atoms with E-state index in [1.165, 1.54) is 13.2 Å². The molecule has 1 aromatic carbocycles. The molecule has 2 rings (SSSR count). The minimum Gasteiger partial charge on any atom is -0.495 e. The van der Waals surface area contributed by atoms with Crippen molar-refractivity contribution in [2.24, 2.45) is 0 Å². The van der Waals surface area contributed by atoms with Crippen LogP contribution in [0.2, 0.25) is 0 Å². The van der Waals surface area contributed by atoms with Gasteiger partial charge in [-0.2, -0.15) is 0 Å². The van der Waals surface area contributed by atoms with Crippen LogP contribution in [-0.4, -0.2) is 23.2 Å². The van der Waals surface area contributed by atoms with Crippen LogP contribution in [-0.2, 0) is 0 Å². The Morgan fingerprint density at radius 1 is 1.60 bits per heavy atom. The molecular weight excluding hydrogens is 196 g/mol. The second-order valence-electron chi connectivity index (χ2n) is 3.12. The van der Waals surface area contributed by atoms with Crippen molar-refractivity contribution in [3.63, 3.8) is 0 Å². The molecule has 0 spiro atoms. The third kappa shape index (κ3) is 1.28. The molecule has 0 bridgehead atoms. The maximum atomic E-state index is 11.0. The lowest BCUT2D eigenvalue weighted by Crippen LogP contribution is -2.02. The Labute approximate surface area is 85.5 Å². The molecule has 0 atom stereocenters. The van der Waals surface area contributed by atoms with E-state index in [9.17, 15) is 4.79 Å². The molecule has 0 amide bonds. The standard InChI is InChI=1S/C10H10N2O3/c1-15-9-5-2-3-12-8(5)7(11)4-6(9)10(13)14/h2-4,12H,11H2,1H3,(H,13,14). The van der Waals surface area contributed by atoms with Crippen molar-refractivity contribution >= 4 is 22.6 Å². The zero-order valence-corrected chi connectivity index (χ0v) is 8.07. The fraction of sp³-hybridized carbons (Fsp3) is 0.100. The maximum absolute atomic E-state index is 11.0. The highest BCUT2D eigenvalue weighted by Crippen LogP contribution is 2.33. The lowest BCUT2D eigenvalue weighted by Gasteiger charge is -2.08. The van der Waals surface area contributed by atoms with Crippen LogP contribution in [0.15, 0.2) is 18.3 Å². The number of hydrogen-bond donors (Lipinski definition) is 3. The molecule has 5 nitrogen and oxygen atoms in total. The zero-order valence-electron chi connectivity index (χ0n) is 8.07. The number of nitrogen functional groups attached to an aromatic ring is 1. The highest BCUT2D eigenvalue weighted by atomic mass is 16.5. The number of anilines is 1. The van der Waals surface area contributed by atoms with Crippen LogP contribution in [0.25, 0.3) is 10.9 Å². The van der Waals surface area contributed by atoms with E-state index < -0.39 is 5.97 Å². The number of ether oxygens (including phenoxy) is 1. The van der Waals surface area contributed by atoms with Gasteiger partial charge in [0.25, 0.3) is 0 Å². The van der Waals surface area contributed by atoms with Crippen LogP contribution >= 0.6 is 0 Å². The number of aromatic nitrogens is 1. The number of hydrogen-bond acceptors (Lipinski definition) is 3. The Morgan fingerprint density at radius 3 is 2.93 bits per heavy atom. The van der Waals surface area contributed by atoms with E-state index in [0.29, 0.717) is 22.3 Å². The lowest BCUT2D eigenvalue weighted by molar-refractivity contribution is 0.0693. The molecule has 0 radical (unpaired) electrons. The molecule has 15 heavy (non-hydrogen) atoms. The Balaban J connectivity index is 2.87. The first-order valence-corrected chi connectivity index (χ1v) is 4.32. The monoisotopic (exact) mass is 206 g/mol. The number of nitrogens with one attached hydrogen (secondary N) is 1. The number of nitrogens with two attached hydrogens (primary N) is 1. The molecule has 0 saturated carbocycles. The first-order valence-electron chi connectivity index (χ1n) is 4.32. The predicted octanol–water partition coefficient (Wildman–Crippen LogP) is 1.46. The van der Waals surface area contributed by atoms with E-state index in [0.717, 1.165) is 0 Å². The minimum atomic E-state index is -1.05. The summed E-state index contributed by atoms with van der Waals surface area (Å²) in [7, 11) is 1.43. The number of carboxylic acid groups (broad SMARTS) is 1. The van der Waals surface area contributed by atoms with Gasteiger partial charge >= 0.3 is 5.97 Å². The molecule has 1 heterocycles. The smallest absolute Gasteiger partial charge is 0.339 e. The van der Waals surface area contributed by atoms with Crippen LogP contribution in [0.4, 0.5) is 5.69 Å². The molecule has 2 aromatic rings. The molecule has 0 fully saturated rings. The molecule has 1 aromatic heterocycles. The van der Waals surface area contributed by atoms with Gasteiger partial charge in [-0.15, -0.1) is 0 Å². The van der Waals surface area contributed by atoms with E-state index in [-0.39, 0.29) is 5.56 Å². The molecule has 0 saturated heterocycles. The van der Waals surface area contributed by atoms with Gasteiger partial charge in [-0.25, -0.2) is 4.79 Å². The van der Waals surface area contributed by atoms with Crippen molar-refractivity contribution < 1.29 is 14.6 Å². The first-order chi connectivity index (χ1) is 7.15. The summed E-state index contributed by atoms with van der Waals surface area (Å²) >= 11 is 0. The second kappa shape index (κ2) is 3.20. The summed E-state index contributed by atoms with van der Waals surface area (Å²) in [5.74, 6) is -0.727. The molecule has 0 aliphatic heterocycles. The summed E-state index contributed by atoms with van der Waals surface area (Å²) in [6.07, 6.45) is 1.69. The van der Waals surface area contributed by atoms with Gasteiger partial charge in [0, 0.05) is 11.6 Å². The molecule has 0 aliphatic rings. The SMILES string of the molecule is COc1c(C(=O)O)cc(N)c2[nH]ccc12. The third-order valence-corrected chi connectivity index (χ3v) is 2.26. The van der Waals surface area contributed by atoms with Crippen LogP contribution < -0.4 is 10.5 Å². The second-order valence-corrected chi connectivity index (χ2v) is 3.12. The van der Waals surface area contributed by atoms with Crippen LogP contribution in [0.1, 0.15) is 10.4 Å². The molecule has 0 unspecified atom stereocenters. The summed E-state index contributed by atoms with van der Waals surface area (Å²) in [5.41, 5.74) is 6.87. The van der Waals surface area contributed by atoms with Crippen molar-refractivity contribution in [1.29, 1.82) is 0 Å². The topological polar surface area (TPSA) is 88.3 Å². The van der Waals surface area contributed by atoms with Gasteiger partial charge in [0.1, 0.15) is 11.3 Å².